The number of fused-ring (bicyclic) bond motifs is 1. The van der Waals surface area contributed by atoms with Crippen LogP contribution in [0.3, 0.4) is 0 Å². The molecule has 3 aromatic carbocycles. The van der Waals surface area contributed by atoms with Crippen LogP contribution in [0.15, 0.2) is 72.8 Å². The van der Waals surface area contributed by atoms with Crippen molar-refractivity contribution in [3.63, 3.8) is 0 Å². The number of amides is 1. The molecule has 0 bridgehead atoms. The Balaban J connectivity index is 1.70. The molecule has 1 amide bonds. The fourth-order valence-electron chi connectivity index (χ4n) is 5.31. The average Bonchev–Trinajstić information content (AvgIpc) is 3.21. The number of hydrogen-bond acceptors (Lipinski definition) is 3. The van der Waals surface area contributed by atoms with Gasteiger partial charge in [-0.25, -0.2) is 13.5 Å². The summed E-state index contributed by atoms with van der Waals surface area (Å²) in [7, 11) is 0. The number of Topliss-reactive ketones (excluding diaryl/α,β-unsaturated/α-hetero) is 1. The van der Waals surface area contributed by atoms with Crippen LogP contribution in [0.25, 0.3) is 5.69 Å². The Morgan fingerprint density at radius 2 is 1.70 bits per heavy atom. The van der Waals surface area contributed by atoms with E-state index in [0.717, 1.165) is 11.1 Å². The van der Waals surface area contributed by atoms with E-state index < -0.39 is 23.5 Å². The van der Waals surface area contributed by atoms with E-state index in [1.165, 1.54) is 22.9 Å². The molecule has 0 aliphatic carbocycles. The molecule has 7 heteroatoms. The van der Waals surface area contributed by atoms with Crippen molar-refractivity contribution >= 4 is 17.5 Å². The highest BCUT2D eigenvalue weighted by Crippen LogP contribution is 2.47. The zero-order chi connectivity index (χ0) is 26.3. The van der Waals surface area contributed by atoms with Crippen LogP contribution in [0.1, 0.15) is 52.0 Å². The molecule has 0 N–H and O–H groups in total. The topological polar surface area (TPSA) is 55.2 Å². The van der Waals surface area contributed by atoms with Crippen LogP contribution in [0.4, 0.5) is 14.6 Å². The van der Waals surface area contributed by atoms with E-state index in [4.69, 9.17) is 0 Å². The summed E-state index contributed by atoms with van der Waals surface area (Å²) in [5.41, 5.74) is 3.77. The van der Waals surface area contributed by atoms with Gasteiger partial charge in [0, 0.05) is 30.0 Å². The molecule has 2 atom stereocenters. The van der Waals surface area contributed by atoms with Gasteiger partial charge in [-0.1, -0.05) is 48.0 Å². The molecule has 0 unspecified atom stereocenters. The van der Waals surface area contributed by atoms with E-state index in [9.17, 15) is 18.4 Å². The molecule has 1 aromatic heterocycles. The Morgan fingerprint density at radius 1 is 0.973 bits per heavy atom. The number of carbonyl (C=O) groups is 2. The largest absolute Gasteiger partial charge is 0.296 e. The third-order valence-electron chi connectivity index (χ3n) is 7.00. The Hall–Kier alpha value is -4.13. The third kappa shape index (κ3) is 4.35. The van der Waals surface area contributed by atoms with E-state index in [1.807, 2.05) is 39.0 Å². The molecular weight excluding hydrogens is 472 g/mol. The van der Waals surface area contributed by atoms with Crippen molar-refractivity contribution in [2.75, 3.05) is 11.4 Å². The molecule has 0 radical (unpaired) electrons. The van der Waals surface area contributed by atoms with Gasteiger partial charge in [-0.05, 0) is 56.7 Å². The minimum Gasteiger partial charge on any atom is -0.296 e. The molecule has 0 fully saturated rings. The minimum atomic E-state index is -0.733. The lowest BCUT2D eigenvalue weighted by molar-refractivity contribution is -0.123. The van der Waals surface area contributed by atoms with Gasteiger partial charge >= 0.3 is 0 Å². The number of para-hydroxylation sites is 1. The van der Waals surface area contributed by atoms with Crippen LogP contribution < -0.4 is 4.90 Å². The zero-order valence-electron chi connectivity index (χ0n) is 20.9. The van der Waals surface area contributed by atoms with Crippen molar-refractivity contribution in [1.29, 1.82) is 0 Å². The van der Waals surface area contributed by atoms with Crippen molar-refractivity contribution in [2.45, 2.75) is 33.1 Å². The van der Waals surface area contributed by atoms with Crippen molar-refractivity contribution in [3.8, 4) is 5.69 Å². The van der Waals surface area contributed by atoms with Gasteiger partial charge in [0.05, 0.1) is 11.6 Å². The molecule has 0 saturated carbocycles. The van der Waals surface area contributed by atoms with Crippen LogP contribution in [0, 0.1) is 31.4 Å². The van der Waals surface area contributed by atoms with Crippen LogP contribution in [0.5, 0.6) is 0 Å². The number of aromatic nitrogens is 2. The first kappa shape index (κ1) is 24.6. The lowest BCUT2D eigenvalue weighted by atomic mass is 9.74. The lowest BCUT2D eigenvalue weighted by Gasteiger charge is -2.38. The van der Waals surface area contributed by atoms with Crippen molar-refractivity contribution in [1.82, 2.24) is 9.78 Å². The van der Waals surface area contributed by atoms with E-state index in [2.05, 4.69) is 5.10 Å². The maximum Gasteiger partial charge on any atom is 0.232 e. The fraction of sp³-hybridized carbons (Fsp3) is 0.233. The van der Waals surface area contributed by atoms with Gasteiger partial charge < -0.3 is 0 Å². The Kier molecular flexibility index (Phi) is 6.46. The number of aryl methyl sites for hydroxylation is 2. The molecule has 0 spiro atoms. The Labute approximate surface area is 214 Å². The summed E-state index contributed by atoms with van der Waals surface area (Å²) in [5, 5.41) is 4.66. The summed E-state index contributed by atoms with van der Waals surface area (Å²) < 4.78 is 30.2. The first-order valence-corrected chi connectivity index (χ1v) is 12.3. The third-order valence-corrected chi connectivity index (χ3v) is 7.00. The number of anilines is 1. The molecule has 1 aliphatic heterocycles. The highest BCUT2D eigenvalue weighted by molar-refractivity contribution is 6.04. The normalized spacial score (nSPS) is 17.1. The second kappa shape index (κ2) is 9.73. The lowest BCUT2D eigenvalue weighted by Crippen LogP contribution is -2.45. The number of nitrogens with zero attached hydrogens (tertiary/aromatic N) is 3. The summed E-state index contributed by atoms with van der Waals surface area (Å²) in [5.74, 6) is -2.07. The van der Waals surface area contributed by atoms with Gasteiger partial charge in [-0.15, -0.1) is 0 Å². The zero-order valence-corrected chi connectivity index (χ0v) is 20.9. The highest BCUT2D eigenvalue weighted by atomic mass is 19.1. The molecule has 5 rings (SSSR count). The molecule has 2 heterocycles. The highest BCUT2D eigenvalue weighted by Gasteiger charge is 2.45. The summed E-state index contributed by atoms with van der Waals surface area (Å²) in [6, 6.07) is 19.5. The summed E-state index contributed by atoms with van der Waals surface area (Å²) in [6.45, 7) is 5.88. The van der Waals surface area contributed by atoms with Gasteiger partial charge in [0.1, 0.15) is 23.1 Å². The van der Waals surface area contributed by atoms with E-state index in [-0.39, 0.29) is 23.8 Å². The monoisotopic (exact) mass is 499 g/mol. The summed E-state index contributed by atoms with van der Waals surface area (Å²) in [4.78, 5) is 29.0. The second-order valence-electron chi connectivity index (χ2n) is 9.40. The second-order valence-corrected chi connectivity index (χ2v) is 9.40. The van der Waals surface area contributed by atoms with Gasteiger partial charge in [0.25, 0.3) is 0 Å². The van der Waals surface area contributed by atoms with E-state index >= 15 is 0 Å². The standard InChI is InChI=1S/C30H27F2N3O2/c1-4-34-29-27(19(3)33-35(29)25-11-6-5-10-24(25)32)28(20-12-14-22(31)15-13-20)23(30(34)37)17-26(36)21-9-7-8-18(2)16-21/h5-16,23,28H,4,17H2,1-3H3/t23-,28+/m0/s1. The maximum atomic E-state index is 14.9. The first-order chi connectivity index (χ1) is 17.8. The SMILES string of the molecule is CCN1C(=O)[C@@H](CC(=O)c2cccc(C)c2)[C@@H](c2ccc(F)cc2)c2c(C)nn(-c3ccccc3F)c21. The van der Waals surface area contributed by atoms with Crippen molar-refractivity contribution in [3.05, 3.63) is 112 Å². The minimum absolute atomic E-state index is 0.0232. The molecule has 37 heavy (non-hydrogen) atoms. The van der Waals surface area contributed by atoms with Crippen molar-refractivity contribution < 1.29 is 18.4 Å². The van der Waals surface area contributed by atoms with E-state index in [1.54, 1.807) is 41.3 Å². The van der Waals surface area contributed by atoms with Gasteiger partial charge in [0.15, 0.2) is 5.78 Å². The first-order valence-electron chi connectivity index (χ1n) is 12.3. The fourth-order valence-corrected chi connectivity index (χ4v) is 5.31. The molecule has 0 saturated heterocycles. The smallest absolute Gasteiger partial charge is 0.232 e. The average molecular weight is 500 g/mol. The van der Waals surface area contributed by atoms with Crippen molar-refractivity contribution in [2.24, 2.45) is 5.92 Å². The number of carbonyl (C=O) groups excluding carboxylic acids is 2. The quantitative estimate of drug-likeness (QED) is 0.299. The number of benzene rings is 3. The Bertz CT molecular complexity index is 1490. The maximum absolute atomic E-state index is 14.9. The van der Waals surface area contributed by atoms with Crippen LogP contribution >= 0.6 is 0 Å². The van der Waals surface area contributed by atoms with Gasteiger partial charge in [0.2, 0.25) is 5.91 Å². The predicted octanol–water partition coefficient (Wildman–Crippen LogP) is 6.15. The number of halogens is 2. The van der Waals surface area contributed by atoms with Crippen LogP contribution in [-0.2, 0) is 4.79 Å². The number of ketones is 1. The summed E-state index contributed by atoms with van der Waals surface area (Å²) >= 11 is 0. The van der Waals surface area contributed by atoms with E-state index in [0.29, 0.717) is 29.2 Å². The molecular formula is C30H27F2N3O2. The summed E-state index contributed by atoms with van der Waals surface area (Å²) in [6.07, 6.45) is -0.0232. The van der Waals surface area contributed by atoms with Gasteiger partial charge in [-0.2, -0.15) is 5.10 Å². The van der Waals surface area contributed by atoms with Crippen LogP contribution in [-0.4, -0.2) is 28.0 Å². The Morgan fingerprint density at radius 3 is 2.38 bits per heavy atom. The van der Waals surface area contributed by atoms with Crippen LogP contribution in [0.2, 0.25) is 0 Å². The van der Waals surface area contributed by atoms with Gasteiger partial charge in [-0.3, -0.25) is 14.5 Å². The molecule has 5 nitrogen and oxygen atoms in total. The molecule has 1 aliphatic rings. The predicted molar refractivity (Wildman–Crippen MR) is 138 cm³/mol. The molecule has 4 aromatic rings. The number of rotatable bonds is 6. The number of hydrogen-bond donors (Lipinski definition) is 0. The molecule has 188 valence electrons.